The molecule has 0 amide bonds. The summed E-state index contributed by atoms with van der Waals surface area (Å²) in [6, 6.07) is 3.71. The SMILES string of the molecule is Cc1cc(C)c(C(C)CCNCC(C)C)c(F)c1. The Bertz CT molecular complexity index is 362. The third-order valence-corrected chi connectivity index (χ3v) is 3.28. The van der Waals surface area contributed by atoms with Crippen LogP contribution in [0.4, 0.5) is 4.39 Å². The van der Waals surface area contributed by atoms with E-state index in [0.717, 1.165) is 36.2 Å². The van der Waals surface area contributed by atoms with Gasteiger partial charge in [0.05, 0.1) is 0 Å². The van der Waals surface area contributed by atoms with E-state index in [9.17, 15) is 4.39 Å². The predicted molar refractivity (Wildman–Crippen MR) is 76.6 cm³/mol. The maximum Gasteiger partial charge on any atom is 0.127 e. The van der Waals surface area contributed by atoms with E-state index in [2.05, 4.69) is 32.2 Å². The van der Waals surface area contributed by atoms with Crippen LogP contribution in [0, 0.1) is 25.6 Å². The molecule has 0 bridgehead atoms. The summed E-state index contributed by atoms with van der Waals surface area (Å²) in [5.41, 5.74) is 2.95. The van der Waals surface area contributed by atoms with Crippen LogP contribution in [0.5, 0.6) is 0 Å². The van der Waals surface area contributed by atoms with Gasteiger partial charge in [0.1, 0.15) is 5.82 Å². The summed E-state index contributed by atoms with van der Waals surface area (Å²) in [6.45, 7) is 12.4. The number of hydrogen-bond donors (Lipinski definition) is 1. The van der Waals surface area contributed by atoms with Crippen LogP contribution in [-0.2, 0) is 0 Å². The summed E-state index contributed by atoms with van der Waals surface area (Å²) in [5, 5.41) is 3.41. The first kappa shape index (κ1) is 15.2. The van der Waals surface area contributed by atoms with Crippen molar-refractivity contribution in [2.45, 2.75) is 47.0 Å². The number of aryl methyl sites for hydroxylation is 2. The molecular formula is C16H26FN. The number of rotatable bonds is 6. The standard InChI is InChI=1S/C16H26FN/c1-11(2)10-18-7-6-13(4)16-14(5)8-12(3)9-15(16)17/h8-9,11,13,18H,6-7,10H2,1-5H3. The number of benzene rings is 1. The molecule has 1 N–H and O–H groups in total. The lowest BCUT2D eigenvalue weighted by atomic mass is 9.92. The van der Waals surface area contributed by atoms with Gasteiger partial charge >= 0.3 is 0 Å². The van der Waals surface area contributed by atoms with Gasteiger partial charge in [0.25, 0.3) is 0 Å². The van der Waals surface area contributed by atoms with E-state index in [1.165, 1.54) is 0 Å². The second-order valence-corrected chi connectivity index (χ2v) is 5.77. The summed E-state index contributed by atoms with van der Waals surface area (Å²) < 4.78 is 14.0. The molecule has 0 heterocycles. The molecule has 1 rings (SSSR count). The van der Waals surface area contributed by atoms with Crippen LogP contribution in [0.1, 0.15) is 49.8 Å². The van der Waals surface area contributed by atoms with Gasteiger partial charge in [0.2, 0.25) is 0 Å². The number of hydrogen-bond acceptors (Lipinski definition) is 1. The fraction of sp³-hybridized carbons (Fsp3) is 0.625. The van der Waals surface area contributed by atoms with Crippen molar-refractivity contribution in [2.75, 3.05) is 13.1 Å². The topological polar surface area (TPSA) is 12.0 Å². The molecule has 0 aliphatic carbocycles. The second-order valence-electron chi connectivity index (χ2n) is 5.77. The summed E-state index contributed by atoms with van der Waals surface area (Å²) in [4.78, 5) is 0. The van der Waals surface area contributed by atoms with Crippen molar-refractivity contribution < 1.29 is 4.39 Å². The Morgan fingerprint density at radius 2 is 1.83 bits per heavy atom. The molecule has 1 unspecified atom stereocenters. The first-order valence-corrected chi connectivity index (χ1v) is 6.89. The molecule has 18 heavy (non-hydrogen) atoms. The van der Waals surface area contributed by atoms with Gasteiger partial charge in [-0.1, -0.05) is 26.8 Å². The normalized spacial score (nSPS) is 13.1. The van der Waals surface area contributed by atoms with Gasteiger partial charge in [-0.25, -0.2) is 4.39 Å². The Labute approximate surface area is 111 Å². The largest absolute Gasteiger partial charge is 0.316 e. The monoisotopic (exact) mass is 251 g/mol. The highest BCUT2D eigenvalue weighted by Gasteiger charge is 2.14. The van der Waals surface area contributed by atoms with Crippen molar-refractivity contribution in [2.24, 2.45) is 5.92 Å². The van der Waals surface area contributed by atoms with Crippen molar-refractivity contribution in [3.63, 3.8) is 0 Å². The van der Waals surface area contributed by atoms with Crippen LogP contribution in [0.25, 0.3) is 0 Å². The zero-order valence-electron chi connectivity index (χ0n) is 12.3. The van der Waals surface area contributed by atoms with Crippen LogP contribution in [-0.4, -0.2) is 13.1 Å². The quantitative estimate of drug-likeness (QED) is 0.748. The summed E-state index contributed by atoms with van der Waals surface area (Å²) in [5.74, 6) is 0.882. The van der Waals surface area contributed by atoms with E-state index >= 15 is 0 Å². The fourth-order valence-electron chi connectivity index (χ4n) is 2.40. The minimum absolute atomic E-state index is 0.0520. The van der Waals surface area contributed by atoms with Crippen molar-refractivity contribution in [3.05, 3.63) is 34.6 Å². The Hall–Kier alpha value is -0.890. The molecule has 1 atom stereocenters. The summed E-state index contributed by atoms with van der Waals surface area (Å²) in [6.07, 6.45) is 0.980. The molecule has 0 spiro atoms. The van der Waals surface area contributed by atoms with Gasteiger partial charge in [-0.2, -0.15) is 0 Å². The van der Waals surface area contributed by atoms with E-state index in [-0.39, 0.29) is 11.7 Å². The highest BCUT2D eigenvalue weighted by atomic mass is 19.1. The minimum Gasteiger partial charge on any atom is -0.316 e. The van der Waals surface area contributed by atoms with Gasteiger partial charge in [-0.05, 0) is 68.0 Å². The molecule has 1 aromatic carbocycles. The Kier molecular flexibility index (Phi) is 5.80. The molecular weight excluding hydrogens is 225 g/mol. The molecule has 0 radical (unpaired) electrons. The average molecular weight is 251 g/mol. The molecule has 102 valence electrons. The molecule has 0 saturated heterocycles. The molecule has 1 nitrogen and oxygen atoms in total. The van der Waals surface area contributed by atoms with E-state index in [1.807, 2.05) is 13.8 Å². The minimum atomic E-state index is -0.0520. The van der Waals surface area contributed by atoms with Crippen LogP contribution < -0.4 is 5.32 Å². The van der Waals surface area contributed by atoms with Gasteiger partial charge in [0.15, 0.2) is 0 Å². The molecule has 0 fully saturated rings. The first-order chi connectivity index (χ1) is 8.41. The highest BCUT2D eigenvalue weighted by molar-refractivity contribution is 5.34. The number of halogens is 1. The van der Waals surface area contributed by atoms with Gasteiger partial charge in [-0.15, -0.1) is 0 Å². The van der Waals surface area contributed by atoms with Crippen LogP contribution in [0.15, 0.2) is 12.1 Å². The molecule has 0 aromatic heterocycles. The number of nitrogens with one attached hydrogen (secondary N) is 1. The molecule has 2 heteroatoms. The van der Waals surface area contributed by atoms with Gasteiger partial charge < -0.3 is 5.32 Å². The van der Waals surface area contributed by atoms with Crippen LogP contribution >= 0.6 is 0 Å². The third kappa shape index (κ3) is 4.41. The van der Waals surface area contributed by atoms with Crippen LogP contribution in [0.3, 0.4) is 0 Å². The Morgan fingerprint density at radius 3 is 2.39 bits per heavy atom. The second kappa shape index (κ2) is 6.89. The third-order valence-electron chi connectivity index (χ3n) is 3.28. The highest BCUT2D eigenvalue weighted by Crippen LogP contribution is 2.26. The van der Waals surface area contributed by atoms with Crippen molar-refractivity contribution >= 4 is 0 Å². The van der Waals surface area contributed by atoms with E-state index in [0.29, 0.717) is 5.92 Å². The molecule has 1 aromatic rings. The predicted octanol–water partition coefficient (Wildman–Crippen LogP) is 4.18. The summed E-state index contributed by atoms with van der Waals surface area (Å²) >= 11 is 0. The van der Waals surface area contributed by atoms with Crippen LogP contribution in [0.2, 0.25) is 0 Å². The first-order valence-electron chi connectivity index (χ1n) is 6.89. The maximum atomic E-state index is 14.0. The lowest BCUT2D eigenvalue weighted by molar-refractivity contribution is 0.512. The zero-order valence-corrected chi connectivity index (χ0v) is 12.3. The lowest BCUT2D eigenvalue weighted by Gasteiger charge is -2.17. The van der Waals surface area contributed by atoms with E-state index in [4.69, 9.17) is 0 Å². The van der Waals surface area contributed by atoms with Gasteiger partial charge in [0, 0.05) is 0 Å². The van der Waals surface area contributed by atoms with Gasteiger partial charge in [-0.3, -0.25) is 0 Å². The van der Waals surface area contributed by atoms with Crippen molar-refractivity contribution in [1.82, 2.24) is 5.32 Å². The van der Waals surface area contributed by atoms with Crippen molar-refractivity contribution in [3.8, 4) is 0 Å². The summed E-state index contributed by atoms with van der Waals surface area (Å²) in [7, 11) is 0. The average Bonchev–Trinajstić information content (AvgIpc) is 2.22. The smallest absolute Gasteiger partial charge is 0.127 e. The lowest BCUT2D eigenvalue weighted by Crippen LogP contribution is -2.22. The Balaban J connectivity index is 2.59. The van der Waals surface area contributed by atoms with Crippen molar-refractivity contribution in [1.29, 1.82) is 0 Å². The van der Waals surface area contributed by atoms with E-state index < -0.39 is 0 Å². The fourth-order valence-corrected chi connectivity index (χ4v) is 2.40. The zero-order chi connectivity index (χ0) is 13.7. The molecule has 0 aliphatic rings. The Morgan fingerprint density at radius 1 is 1.17 bits per heavy atom. The molecule has 0 saturated carbocycles. The van der Waals surface area contributed by atoms with E-state index in [1.54, 1.807) is 6.07 Å². The molecule has 0 aliphatic heterocycles. The maximum absolute atomic E-state index is 14.0.